The number of carbonyl (C=O) groups is 1. The summed E-state index contributed by atoms with van der Waals surface area (Å²) in [7, 11) is -3.75. The molecular weight excluding hydrogens is 355 g/mol. The van der Waals surface area contributed by atoms with E-state index < -0.39 is 27.8 Å². The fourth-order valence-corrected chi connectivity index (χ4v) is 4.13. The number of nitrogens with one attached hydrogen (secondary N) is 1. The molecule has 0 bridgehead atoms. The fraction of sp³-hybridized carbons (Fsp3) is 0.316. The maximum atomic E-state index is 13.2. The number of hydrogen-bond acceptors (Lipinski definition) is 3. The first-order valence-corrected chi connectivity index (χ1v) is 10.1. The van der Waals surface area contributed by atoms with Gasteiger partial charge in [0.25, 0.3) is 0 Å². The zero-order chi connectivity index (χ0) is 19.5. The first kappa shape index (κ1) is 19.9. The second kappa shape index (κ2) is 7.86. The number of benzene rings is 2. The Bertz CT molecular complexity index is 875. The van der Waals surface area contributed by atoms with E-state index in [4.69, 9.17) is 0 Å². The standard InChI is InChI=1S/C19H23FN2O3S/c1-5-18(19(23)21-16-11-13(2)10-14(3)12-16)22(26(4,24)25)17-8-6-15(20)7-9-17/h6-12,18H,5H2,1-4H3,(H,21,23)/t18-/m0/s1. The molecule has 5 nitrogen and oxygen atoms in total. The summed E-state index contributed by atoms with van der Waals surface area (Å²) < 4.78 is 38.9. The fourth-order valence-electron chi connectivity index (χ4n) is 2.92. The number of hydrogen-bond donors (Lipinski definition) is 1. The summed E-state index contributed by atoms with van der Waals surface area (Å²) in [5, 5.41) is 2.79. The minimum absolute atomic E-state index is 0.247. The van der Waals surface area contributed by atoms with Crippen molar-refractivity contribution in [3.63, 3.8) is 0 Å². The van der Waals surface area contributed by atoms with E-state index >= 15 is 0 Å². The van der Waals surface area contributed by atoms with Gasteiger partial charge in [-0.1, -0.05) is 13.0 Å². The second-order valence-electron chi connectivity index (χ2n) is 6.32. The van der Waals surface area contributed by atoms with Gasteiger partial charge in [-0.2, -0.15) is 0 Å². The lowest BCUT2D eigenvalue weighted by molar-refractivity contribution is -0.117. The van der Waals surface area contributed by atoms with E-state index in [1.54, 1.807) is 6.92 Å². The van der Waals surface area contributed by atoms with Crippen LogP contribution in [-0.4, -0.2) is 26.6 Å². The topological polar surface area (TPSA) is 66.5 Å². The smallest absolute Gasteiger partial charge is 0.248 e. The Morgan fingerprint density at radius 3 is 2.12 bits per heavy atom. The number of rotatable bonds is 6. The van der Waals surface area contributed by atoms with Crippen LogP contribution in [0, 0.1) is 19.7 Å². The Labute approximate surface area is 153 Å². The Morgan fingerprint density at radius 2 is 1.65 bits per heavy atom. The van der Waals surface area contributed by atoms with Crippen LogP contribution in [-0.2, 0) is 14.8 Å². The number of amides is 1. The molecule has 1 N–H and O–H groups in total. The van der Waals surface area contributed by atoms with Gasteiger partial charge in [0.15, 0.2) is 0 Å². The number of sulfonamides is 1. The number of halogens is 1. The Balaban J connectivity index is 2.37. The maximum absolute atomic E-state index is 13.2. The van der Waals surface area contributed by atoms with Gasteiger partial charge in [0.2, 0.25) is 15.9 Å². The lowest BCUT2D eigenvalue weighted by Crippen LogP contribution is -2.47. The molecule has 2 aromatic rings. The number of anilines is 2. The van der Waals surface area contributed by atoms with Crippen molar-refractivity contribution in [2.24, 2.45) is 0 Å². The average Bonchev–Trinajstić information content (AvgIpc) is 2.51. The van der Waals surface area contributed by atoms with Gasteiger partial charge in [-0.15, -0.1) is 0 Å². The SMILES string of the molecule is CC[C@@H](C(=O)Nc1cc(C)cc(C)c1)N(c1ccc(F)cc1)S(C)(=O)=O. The van der Waals surface area contributed by atoms with Crippen LogP contribution in [0.15, 0.2) is 42.5 Å². The monoisotopic (exact) mass is 378 g/mol. The zero-order valence-electron chi connectivity index (χ0n) is 15.3. The van der Waals surface area contributed by atoms with Crippen LogP contribution in [0.25, 0.3) is 0 Å². The van der Waals surface area contributed by atoms with E-state index in [0.717, 1.165) is 21.7 Å². The molecular formula is C19H23FN2O3S. The predicted octanol–water partition coefficient (Wildman–Crippen LogP) is 3.63. The van der Waals surface area contributed by atoms with Gasteiger partial charge in [-0.05, 0) is 67.8 Å². The molecule has 0 aliphatic heterocycles. The van der Waals surface area contributed by atoms with E-state index in [2.05, 4.69) is 5.32 Å². The molecule has 2 aromatic carbocycles. The quantitative estimate of drug-likeness (QED) is 0.835. The second-order valence-corrected chi connectivity index (χ2v) is 8.18. The third kappa shape index (κ3) is 4.82. The van der Waals surface area contributed by atoms with Crippen LogP contribution >= 0.6 is 0 Å². The molecule has 0 saturated carbocycles. The molecule has 1 atom stereocenters. The van der Waals surface area contributed by atoms with Gasteiger partial charge in [0, 0.05) is 5.69 Å². The molecule has 0 unspecified atom stereocenters. The maximum Gasteiger partial charge on any atom is 0.248 e. The Kier molecular flexibility index (Phi) is 6.02. The molecule has 0 radical (unpaired) electrons. The molecule has 0 aliphatic carbocycles. The van der Waals surface area contributed by atoms with Crippen molar-refractivity contribution in [2.45, 2.75) is 33.2 Å². The molecule has 26 heavy (non-hydrogen) atoms. The normalized spacial score (nSPS) is 12.5. The van der Waals surface area contributed by atoms with Gasteiger partial charge < -0.3 is 5.32 Å². The van der Waals surface area contributed by atoms with Crippen LogP contribution in [0.5, 0.6) is 0 Å². The summed E-state index contributed by atoms with van der Waals surface area (Å²) in [5.74, 6) is -0.915. The van der Waals surface area contributed by atoms with Crippen molar-refractivity contribution in [2.75, 3.05) is 15.9 Å². The van der Waals surface area contributed by atoms with Crippen LogP contribution in [0.4, 0.5) is 15.8 Å². The molecule has 0 heterocycles. The molecule has 2 rings (SSSR count). The highest BCUT2D eigenvalue weighted by atomic mass is 32.2. The highest BCUT2D eigenvalue weighted by Gasteiger charge is 2.31. The van der Waals surface area contributed by atoms with Gasteiger partial charge in [-0.25, -0.2) is 12.8 Å². The van der Waals surface area contributed by atoms with Gasteiger partial charge in [-0.3, -0.25) is 9.10 Å². The van der Waals surface area contributed by atoms with Crippen molar-refractivity contribution in [1.29, 1.82) is 0 Å². The van der Waals surface area contributed by atoms with Crippen molar-refractivity contribution in [3.05, 3.63) is 59.4 Å². The third-order valence-electron chi connectivity index (χ3n) is 3.90. The first-order valence-electron chi connectivity index (χ1n) is 8.26. The van der Waals surface area contributed by atoms with Crippen LogP contribution in [0.2, 0.25) is 0 Å². The average molecular weight is 378 g/mol. The molecule has 0 fully saturated rings. The van der Waals surface area contributed by atoms with E-state index in [1.165, 1.54) is 24.3 Å². The molecule has 0 aliphatic rings. The van der Waals surface area contributed by atoms with Crippen molar-refractivity contribution in [1.82, 2.24) is 0 Å². The van der Waals surface area contributed by atoms with Crippen LogP contribution < -0.4 is 9.62 Å². The zero-order valence-corrected chi connectivity index (χ0v) is 16.1. The lowest BCUT2D eigenvalue weighted by Gasteiger charge is -2.30. The van der Waals surface area contributed by atoms with E-state index in [1.807, 2.05) is 32.0 Å². The minimum Gasteiger partial charge on any atom is -0.324 e. The predicted molar refractivity (Wildman–Crippen MR) is 102 cm³/mol. The molecule has 0 saturated heterocycles. The molecule has 0 spiro atoms. The van der Waals surface area contributed by atoms with E-state index in [9.17, 15) is 17.6 Å². The summed E-state index contributed by atoms with van der Waals surface area (Å²) in [4.78, 5) is 12.8. The first-order chi connectivity index (χ1) is 12.1. The van der Waals surface area contributed by atoms with Crippen molar-refractivity contribution >= 4 is 27.3 Å². The van der Waals surface area contributed by atoms with Crippen molar-refractivity contribution < 1.29 is 17.6 Å². The van der Waals surface area contributed by atoms with E-state index in [0.29, 0.717) is 5.69 Å². The van der Waals surface area contributed by atoms with Crippen molar-refractivity contribution in [3.8, 4) is 0 Å². The molecule has 7 heteroatoms. The Morgan fingerprint density at radius 1 is 1.12 bits per heavy atom. The minimum atomic E-state index is -3.75. The molecule has 140 valence electrons. The van der Waals surface area contributed by atoms with Gasteiger partial charge >= 0.3 is 0 Å². The summed E-state index contributed by atoms with van der Waals surface area (Å²) in [6, 6.07) is 9.71. The van der Waals surface area contributed by atoms with Crippen LogP contribution in [0.1, 0.15) is 24.5 Å². The highest BCUT2D eigenvalue weighted by Crippen LogP contribution is 2.24. The summed E-state index contributed by atoms with van der Waals surface area (Å²) in [6.45, 7) is 5.57. The number of nitrogens with zero attached hydrogens (tertiary/aromatic N) is 1. The molecule has 0 aromatic heterocycles. The number of aryl methyl sites for hydroxylation is 2. The highest BCUT2D eigenvalue weighted by molar-refractivity contribution is 7.92. The number of carbonyl (C=O) groups excluding carboxylic acids is 1. The van der Waals surface area contributed by atoms with E-state index in [-0.39, 0.29) is 12.1 Å². The lowest BCUT2D eigenvalue weighted by atomic mass is 10.1. The van der Waals surface area contributed by atoms with Gasteiger partial charge in [0.05, 0.1) is 11.9 Å². The van der Waals surface area contributed by atoms with Gasteiger partial charge in [0.1, 0.15) is 11.9 Å². The largest absolute Gasteiger partial charge is 0.324 e. The summed E-state index contributed by atoms with van der Waals surface area (Å²) >= 11 is 0. The summed E-state index contributed by atoms with van der Waals surface area (Å²) in [5.41, 5.74) is 2.84. The third-order valence-corrected chi connectivity index (χ3v) is 5.08. The Hall–Kier alpha value is -2.41. The molecule has 1 amide bonds. The summed E-state index contributed by atoms with van der Waals surface area (Å²) in [6.07, 6.45) is 1.30. The van der Waals surface area contributed by atoms with Crippen LogP contribution in [0.3, 0.4) is 0 Å².